The first-order chi connectivity index (χ1) is 9.90. The number of nitrogens with zero attached hydrogens (tertiary/aromatic N) is 4. The molecule has 0 saturated carbocycles. The lowest BCUT2D eigenvalue weighted by Crippen LogP contribution is -2.39. The maximum Gasteiger partial charge on any atom is 0.346 e. The van der Waals surface area contributed by atoms with E-state index in [1.807, 2.05) is 13.8 Å². The standard InChI is InChI=1S/C12H19N5O3S/c1-5-8(6-2)13-14-9(18)7-21-10-11(19)16(3)12(20)17(4)15-10/h5-7H2,1-4H3,(H,14,18). The van der Waals surface area contributed by atoms with E-state index in [9.17, 15) is 14.4 Å². The van der Waals surface area contributed by atoms with Crippen molar-refractivity contribution in [3.05, 3.63) is 20.8 Å². The Morgan fingerprint density at radius 3 is 2.48 bits per heavy atom. The lowest BCUT2D eigenvalue weighted by molar-refractivity contribution is -0.118. The number of rotatable bonds is 6. The van der Waals surface area contributed by atoms with E-state index in [0.717, 1.165) is 39.6 Å². The van der Waals surface area contributed by atoms with Crippen LogP contribution in [0.5, 0.6) is 0 Å². The topological polar surface area (TPSA) is 98.3 Å². The summed E-state index contributed by atoms with van der Waals surface area (Å²) in [5.41, 5.74) is 2.31. The van der Waals surface area contributed by atoms with Crippen molar-refractivity contribution >= 4 is 23.4 Å². The summed E-state index contributed by atoms with van der Waals surface area (Å²) in [6.45, 7) is 3.92. The van der Waals surface area contributed by atoms with Gasteiger partial charge in [-0.25, -0.2) is 14.9 Å². The molecule has 0 aliphatic rings. The molecule has 0 atom stereocenters. The van der Waals surface area contributed by atoms with Gasteiger partial charge in [-0.05, 0) is 12.8 Å². The van der Waals surface area contributed by atoms with Gasteiger partial charge in [0.15, 0.2) is 5.03 Å². The van der Waals surface area contributed by atoms with Crippen LogP contribution in [0.4, 0.5) is 0 Å². The average Bonchev–Trinajstić information content (AvgIpc) is 2.48. The van der Waals surface area contributed by atoms with Crippen LogP contribution >= 0.6 is 11.8 Å². The van der Waals surface area contributed by atoms with Gasteiger partial charge in [0, 0.05) is 19.8 Å². The van der Waals surface area contributed by atoms with Gasteiger partial charge in [0.1, 0.15) is 0 Å². The van der Waals surface area contributed by atoms with Crippen LogP contribution in [0.15, 0.2) is 19.7 Å². The smallest absolute Gasteiger partial charge is 0.272 e. The molecule has 0 unspecified atom stereocenters. The number of nitrogens with one attached hydrogen (secondary N) is 1. The molecule has 1 heterocycles. The van der Waals surface area contributed by atoms with Gasteiger partial charge in [-0.3, -0.25) is 14.2 Å². The van der Waals surface area contributed by atoms with Gasteiger partial charge < -0.3 is 0 Å². The predicted molar refractivity (Wildman–Crippen MR) is 81.6 cm³/mol. The summed E-state index contributed by atoms with van der Waals surface area (Å²) in [4.78, 5) is 35.0. The van der Waals surface area contributed by atoms with E-state index < -0.39 is 11.2 Å². The number of aryl methyl sites for hydroxylation is 1. The van der Waals surface area contributed by atoms with Gasteiger partial charge in [0.25, 0.3) is 5.56 Å². The number of hydrogen-bond acceptors (Lipinski definition) is 6. The molecule has 9 heteroatoms. The van der Waals surface area contributed by atoms with Crippen molar-refractivity contribution in [2.45, 2.75) is 31.7 Å². The molecule has 1 aromatic rings. The fourth-order valence-corrected chi connectivity index (χ4v) is 2.25. The van der Waals surface area contributed by atoms with Gasteiger partial charge >= 0.3 is 5.69 Å². The van der Waals surface area contributed by atoms with Crippen LogP contribution in [0.2, 0.25) is 0 Å². The molecule has 0 saturated heterocycles. The number of thioether (sulfide) groups is 1. The van der Waals surface area contributed by atoms with Crippen molar-refractivity contribution in [3.8, 4) is 0 Å². The van der Waals surface area contributed by atoms with Crippen molar-refractivity contribution in [1.29, 1.82) is 0 Å². The zero-order chi connectivity index (χ0) is 16.0. The highest BCUT2D eigenvalue weighted by Gasteiger charge is 2.11. The van der Waals surface area contributed by atoms with Crippen LogP contribution in [0.1, 0.15) is 26.7 Å². The second-order valence-corrected chi connectivity index (χ2v) is 5.25. The minimum atomic E-state index is -0.512. The Morgan fingerprint density at radius 2 is 1.90 bits per heavy atom. The zero-order valence-electron chi connectivity index (χ0n) is 12.5. The van der Waals surface area contributed by atoms with Gasteiger partial charge in [-0.2, -0.15) is 10.2 Å². The molecule has 0 aliphatic carbocycles. The number of carbonyl (C=O) groups excluding carboxylic acids is 1. The Labute approximate surface area is 126 Å². The maximum absolute atomic E-state index is 11.8. The first-order valence-corrected chi connectivity index (χ1v) is 7.50. The molecule has 1 rings (SSSR count). The minimum Gasteiger partial charge on any atom is -0.272 e. The Balaban J connectivity index is 2.73. The van der Waals surface area contributed by atoms with Crippen molar-refractivity contribution in [2.75, 3.05) is 5.75 Å². The number of hydrogen-bond donors (Lipinski definition) is 1. The van der Waals surface area contributed by atoms with E-state index in [1.165, 1.54) is 14.1 Å². The van der Waals surface area contributed by atoms with Crippen LogP contribution in [0, 0.1) is 0 Å². The lowest BCUT2D eigenvalue weighted by Gasteiger charge is -2.05. The molecule has 0 radical (unpaired) electrons. The first kappa shape index (κ1) is 17.2. The quantitative estimate of drug-likeness (QED) is 0.448. The SMILES string of the molecule is CCC(CC)=NNC(=O)CSc1nn(C)c(=O)n(C)c1=O. The second kappa shape index (κ2) is 7.77. The normalized spacial score (nSPS) is 10.3. The molecule has 1 N–H and O–H groups in total. The van der Waals surface area contributed by atoms with E-state index >= 15 is 0 Å². The average molecular weight is 313 g/mol. The molecule has 0 bridgehead atoms. The molecular weight excluding hydrogens is 294 g/mol. The molecule has 116 valence electrons. The summed E-state index contributed by atoms with van der Waals surface area (Å²) in [6, 6.07) is 0. The highest BCUT2D eigenvalue weighted by atomic mass is 32.2. The third-order valence-electron chi connectivity index (χ3n) is 2.79. The highest BCUT2D eigenvalue weighted by Crippen LogP contribution is 2.08. The van der Waals surface area contributed by atoms with E-state index in [-0.39, 0.29) is 16.7 Å². The number of carbonyl (C=O) groups is 1. The van der Waals surface area contributed by atoms with E-state index in [2.05, 4.69) is 15.6 Å². The van der Waals surface area contributed by atoms with Gasteiger partial charge in [-0.15, -0.1) is 0 Å². The van der Waals surface area contributed by atoms with E-state index in [1.54, 1.807) is 0 Å². The molecule has 0 spiro atoms. The van der Waals surface area contributed by atoms with Crippen molar-refractivity contribution in [3.63, 3.8) is 0 Å². The summed E-state index contributed by atoms with van der Waals surface area (Å²) >= 11 is 0.974. The monoisotopic (exact) mass is 313 g/mol. The highest BCUT2D eigenvalue weighted by molar-refractivity contribution is 7.99. The number of amides is 1. The summed E-state index contributed by atoms with van der Waals surface area (Å²) in [5.74, 6) is -0.318. The van der Waals surface area contributed by atoms with Crippen molar-refractivity contribution < 1.29 is 4.79 Å². The number of aromatic nitrogens is 3. The largest absolute Gasteiger partial charge is 0.346 e. The molecular formula is C12H19N5O3S. The Morgan fingerprint density at radius 1 is 1.29 bits per heavy atom. The molecule has 0 fully saturated rings. The van der Waals surface area contributed by atoms with Crippen LogP contribution in [0.3, 0.4) is 0 Å². The molecule has 1 aromatic heterocycles. The van der Waals surface area contributed by atoms with Gasteiger partial charge in [-0.1, -0.05) is 25.6 Å². The Kier molecular flexibility index (Phi) is 6.35. The molecule has 0 aliphatic heterocycles. The fraction of sp³-hybridized carbons (Fsp3) is 0.583. The van der Waals surface area contributed by atoms with E-state index in [0.29, 0.717) is 0 Å². The van der Waals surface area contributed by atoms with Crippen LogP contribution in [-0.2, 0) is 18.9 Å². The first-order valence-electron chi connectivity index (χ1n) is 6.52. The van der Waals surface area contributed by atoms with Crippen molar-refractivity contribution in [2.24, 2.45) is 19.2 Å². The Hall–Kier alpha value is -1.90. The molecule has 21 heavy (non-hydrogen) atoms. The van der Waals surface area contributed by atoms with Crippen LogP contribution < -0.4 is 16.7 Å². The molecule has 1 amide bonds. The van der Waals surface area contributed by atoms with Crippen LogP contribution in [0.25, 0.3) is 0 Å². The molecule has 8 nitrogen and oxygen atoms in total. The van der Waals surface area contributed by atoms with Crippen LogP contribution in [-0.4, -0.2) is 31.7 Å². The summed E-state index contributed by atoms with van der Waals surface area (Å²) in [6.07, 6.45) is 1.54. The second-order valence-electron chi connectivity index (χ2n) is 4.28. The van der Waals surface area contributed by atoms with Gasteiger partial charge in [0.05, 0.1) is 5.75 Å². The summed E-state index contributed by atoms with van der Waals surface area (Å²) < 4.78 is 2.02. The van der Waals surface area contributed by atoms with Crippen molar-refractivity contribution in [1.82, 2.24) is 19.8 Å². The number of hydrazone groups is 1. The van der Waals surface area contributed by atoms with E-state index in [4.69, 9.17) is 0 Å². The molecule has 0 aromatic carbocycles. The third-order valence-corrected chi connectivity index (χ3v) is 3.72. The lowest BCUT2D eigenvalue weighted by atomic mass is 10.2. The maximum atomic E-state index is 11.8. The summed E-state index contributed by atoms with van der Waals surface area (Å²) in [7, 11) is 2.82. The zero-order valence-corrected chi connectivity index (χ0v) is 13.4. The van der Waals surface area contributed by atoms with Gasteiger partial charge in [0.2, 0.25) is 5.91 Å². The predicted octanol–water partition coefficient (Wildman–Crippen LogP) is -0.137. The minimum absolute atomic E-state index is 0.00462. The Bertz CT molecular complexity index is 656. The third kappa shape index (κ3) is 4.55. The summed E-state index contributed by atoms with van der Waals surface area (Å²) in [5, 5.41) is 7.94. The fourth-order valence-electron chi connectivity index (χ4n) is 1.48.